The van der Waals surface area contributed by atoms with Crippen LogP contribution in [0, 0.1) is 6.92 Å². The Labute approximate surface area is 103 Å². The fraction of sp³-hybridized carbons (Fsp3) is 0.364. The molecule has 0 aromatic carbocycles. The van der Waals surface area contributed by atoms with Crippen LogP contribution in [0.5, 0.6) is 0 Å². The minimum absolute atomic E-state index is 0.602. The molecule has 90 valence electrons. The van der Waals surface area contributed by atoms with Crippen molar-refractivity contribution in [1.82, 2.24) is 14.6 Å². The van der Waals surface area contributed by atoms with Crippen LogP contribution in [-0.4, -0.2) is 30.4 Å². The Bertz CT molecular complexity index is 577. The number of hydrogen-bond donors (Lipinski definition) is 1. The maximum Gasteiger partial charge on any atom is 0.319 e. The van der Waals surface area contributed by atoms with Crippen LogP contribution in [-0.2, 0) is 4.79 Å². The smallest absolute Gasteiger partial charge is 0.319 e. The fourth-order valence-electron chi connectivity index (χ4n) is 1.41. The van der Waals surface area contributed by atoms with Crippen molar-refractivity contribution in [3.63, 3.8) is 0 Å². The predicted octanol–water partition coefficient (Wildman–Crippen LogP) is 1.99. The number of rotatable bonds is 3. The molecule has 2 heterocycles. The average Bonchev–Trinajstić information content (AvgIpc) is 2.62. The van der Waals surface area contributed by atoms with Gasteiger partial charge in [0.05, 0.1) is 0 Å². The van der Waals surface area contributed by atoms with Crippen LogP contribution < -0.4 is 0 Å². The number of aromatic nitrogens is 3. The summed E-state index contributed by atoms with van der Waals surface area (Å²) in [4.78, 5) is 11.1. The number of aryl methyl sites for hydroxylation is 1. The van der Waals surface area contributed by atoms with Crippen LogP contribution in [0.4, 0.5) is 0 Å². The summed E-state index contributed by atoms with van der Waals surface area (Å²) in [5, 5.41) is 17.8. The van der Waals surface area contributed by atoms with Crippen molar-refractivity contribution in [2.24, 2.45) is 0 Å². The number of aliphatic carboxylic acids is 1. The van der Waals surface area contributed by atoms with Crippen LogP contribution in [0.1, 0.15) is 19.5 Å². The van der Waals surface area contributed by atoms with Crippen molar-refractivity contribution in [3.8, 4) is 0 Å². The molecule has 0 saturated carbocycles. The van der Waals surface area contributed by atoms with E-state index in [0.717, 1.165) is 11.3 Å². The molecule has 6 heteroatoms. The van der Waals surface area contributed by atoms with Gasteiger partial charge in [-0.2, -0.15) is 0 Å². The highest BCUT2D eigenvalue weighted by molar-refractivity contribution is 8.01. The van der Waals surface area contributed by atoms with Gasteiger partial charge in [0.2, 0.25) is 0 Å². The SMILES string of the molecule is Cc1cccc2nnc(SC(C)(C)C(=O)O)n12. The van der Waals surface area contributed by atoms with Gasteiger partial charge in [-0.15, -0.1) is 10.2 Å². The number of hydrogen-bond acceptors (Lipinski definition) is 4. The normalized spacial score (nSPS) is 11.9. The van der Waals surface area contributed by atoms with E-state index in [4.69, 9.17) is 5.11 Å². The van der Waals surface area contributed by atoms with E-state index in [-0.39, 0.29) is 0 Å². The Balaban J connectivity index is 2.47. The predicted molar refractivity (Wildman–Crippen MR) is 65.3 cm³/mol. The highest BCUT2D eigenvalue weighted by Crippen LogP contribution is 2.31. The molecule has 0 spiro atoms. The minimum atomic E-state index is -0.925. The van der Waals surface area contributed by atoms with Crippen molar-refractivity contribution >= 4 is 23.4 Å². The summed E-state index contributed by atoms with van der Waals surface area (Å²) in [6.45, 7) is 5.24. The molecule has 2 aromatic rings. The molecule has 0 aliphatic heterocycles. The second kappa shape index (κ2) is 4.03. The largest absolute Gasteiger partial charge is 0.480 e. The summed E-state index contributed by atoms with van der Waals surface area (Å²) in [5.41, 5.74) is 1.71. The number of nitrogens with zero attached hydrogens (tertiary/aromatic N) is 3. The molecule has 0 aliphatic rings. The molecule has 0 saturated heterocycles. The van der Waals surface area contributed by atoms with E-state index in [0.29, 0.717) is 5.16 Å². The van der Waals surface area contributed by atoms with E-state index in [1.54, 1.807) is 13.8 Å². The molecule has 0 aliphatic carbocycles. The van der Waals surface area contributed by atoms with Crippen molar-refractivity contribution in [2.45, 2.75) is 30.7 Å². The van der Waals surface area contributed by atoms with Crippen molar-refractivity contribution < 1.29 is 9.90 Å². The Morgan fingerprint density at radius 3 is 2.76 bits per heavy atom. The number of thioether (sulfide) groups is 1. The lowest BCUT2D eigenvalue weighted by molar-refractivity contribution is -0.138. The van der Waals surface area contributed by atoms with Gasteiger partial charge in [0.25, 0.3) is 0 Å². The zero-order valence-corrected chi connectivity index (χ0v) is 10.7. The summed E-state index contributed by atoms with van der Waals surface area (Å²) in [6, 6.07) is 5.68. The van der Waals surface area contributed by atoms with Crippen LogP contribution in [0.2, 0.25) is 0 Å². The summed E-state index contributed by atoms with van der Waals surface area (Å²) in [5.74, 6) is -0.868. The van der Waals surface area contributed by atoms with E-state index in [9.17, 15) is 4.79 Å². The molecule has 0 unspecified atom stereocenters. The molecule has 1 N–H and O–H groups in total. The third kappa shape index (κ3) is 2.12. The molecule has 0 amide bonds. The standard InChI is InChI=1S/C11H13N3O2S/c1-7-5-4-6-8-12-13-10(14(7)8)17-11(2,3)9(15)16/h4-6H,1-3H3,(H,15,16). The van der Waals surface area contributed by atoms with Crippen molar-refractivity contribution in [3.05, 3.63) is 23.9 Å². The van der Waals surface area contributed by atoms with Crippen LogP contribution in [0.25, 0.3) is 5.65 Å². The molecular weight excluding hydrogens is 238 g/mol. The van der Waals surface area contributed by atoms with Gasteiger partial charge in [-0.05, 0) is 32.9 Å². The summed E-state index contributed by atoms with van der Waals surface area (Å²) >= 11 is 1.19. The average molecular weight is 251 g/mol. The Hall–Kier alpha value is -1.56. The molecule has 0 radical (unpaired) electrons. The lowest BCUT2D eigenvalue weighted by Crippen LogP contribution is -2.27. The van der Waals surface area contributed by atoms with Gasteiger partial charge in [0.1, 0.15) is 4.75 Å². The van der Waals surface area contributed by atoms with E-state index in [2.05, 4.69) is 10.2 Å². The molecule has 5 nitrogen and oxygen atoms in total. The third-order valence-electron chi connectivity index (χ3n) is 2.46. The zero-order chi connectivity index (χ0) is 12.6. The first-order valence-electron chi connectivity index (χ1n) is 5.15. The van der Waals surface area contributed by atoms with Crippen molar-refractivity contribution in [2.75, 3.05) is 0 Å². The van der Waals surface area contributed by atoms with Crippen LogP contribution >= 0.6 is 11.8 Å². The van der Waals surface area contributed by atoms with E-state index >= 15 is 0 Å². The highest BCUT2D eigenvalue weighted by atomic mass is 32.2. The third-order valence-corrected chi connectivity index (χ3v) is 3.59. The van der Waals surface area contributed by atoms with Gasteiger partial charge < -0.3 is 5.11 Å². The minimum Gasteiger partial charge on any atom is -0.480 e. The highest BCUT2D eigenvalue weighted by Gasteiger charge is 2.30. The Morgan fingerprint density at radius 1 is 1.41 bits per heavy atom. The quantitative estimate of drug-likeness (QED) is 0.845. The van der Waals surface area contributed by atoms with Gasteiger partial charge in [0, 0.05) is 5.69 Å². The molecule has 17 heavy (non-hydrogen) atoms. The summed E-state index contributed by atoms with van der Waals surface area (Å²) < 4.78 is 0.931. The van der Waals surface area contributed by atoms with Gasteiger partial charge in [-0.3, -0.25) is 9.20 Å². The second-order valence-electron chi connectivity index (χ2n) is 4.26. The molecule has 2 rings (SSSR count). The van der Waals surface area contributed by atoms with Crippen molar-refractivity contribution in [1.29, 1.82) is 0 Å². The lowest BCUT2D eigenvalue weighted by atomic mass is 10.2. The topological polar surface area (TPSA) is 67.5 Å². The molecule has 0 fully saturated rings. The zero-order valence-electron chi connectivity index (χ0n) is 9.84. The lowest BCUT2D eigenvalue weighted by Gasteiger charge is -2.16. The van der Waals surface area contributed by atoms with Gasteiger partial charge >= 0.3 is 5.97 Å². The van der Waals surface area contributed by atoms with Crippen LogP contribution in [0.3, 0.4) is 0 Å². The van der Waals surface area contributed by atoms with Gasteiger partial charge in [-0.1, -0.05) is 17.8 Å². The monoisotopic (exact) mass is 251 g/mol. The molecule has 0 atom stereocenters. The van der Waals surface area contributed by atoms with E-state index in [1.807, 2.05) is 29.5 Å². The summed E-state index contributed by atoms with van der Waals surface area (Å²) in [6.07, 6.45) is 0. The molecular formula is C11H13N3O2S. The maximum atomic E-state index is 11.1. The maximum absolute atomic E-state index is 11.1. The Kier molecular flexibility index (Phi) is 2.82. The number of carboxylic acid groups (broad SMARTS) is 1. The van der Waals surface area contributed by atoms with E-state index < -0.39 is 10.7 Å². The first-order chi connectivity index (χ1) is 7.92. The molecule has 2 aromatic heterocycles. The summed E-state index contributed by atoms with van der Waals surface area (Å²) in [7, 11) is 0. The van der Waals surface area contributed by atoms with Crippen LogP contribution in [0.15, 0.2) is 23.4 Å². The second-order valence-corrected chi connectivity index (χ2v) is 5.85. The van der Waals surface area contributed by atoms with Gasteiger partial charge in [-0.25, -0.2) is 0 Å². The first-order valence-corrected chi connectivity index (χ1v) is 5.96. The van der Waals surface area contributed by atoms with E-state index in [1.165, 1.54) is 11.8 Å². The number of pyridine rings is 1. The molecule has 0 bridgehead atoms. The van der Waals surface area contributed by atoms with Gasteiger partial charge in [0.15, 0.2) is 10.8 Å². The number of fused-ring (bicyclic) bond motifs is 1. The number of carbonyl (C=O) groups is 1. The first kappa shape index (κ1) is 11.9. The Morgan fingerprint density at radius 2 is 2.12 bits per heavy atom. The fourth-order valence-corrected chi connectivity index (χ4v) is 2.36. The number of carboxylic acids is 1.